The van der Waals surface area contributed by atoms with Crippen LogP contribution >= 0.6 is 12.4 Å². The Kier molecular flexibility index (Phi) is 7.69. The number of ether oxygens (including phenoxy) is 1. The van der Waals surface area contributed by atoms with Crippen molar-refractivity contribution >= 4 is 18.3 Å². The van der Waals surface area contributed by atoms with Crippen molar-refractivity contribution in [3.63, 3.8) is 0 Å². The molecule has 1 fully saturated rings. The molecule has 5 heteroatoms. The number of halogens is 1. The van der Waals surface area contributed by atoms with E-state index in [0.717, 1.165) is 37.2 Å². The second kappa shape index (κ2) is 9.01. The van der Waals surface area contributed by atoms with Gasteiger partial charge >= 0.3 is 0 Å². The van der Waals surface area contributed by atoms with Gasteiger partial charge in [0.2, 0.25) is 5.91 Å². The van der Waals surface area contributed by atoms with Gasteiger partial charge in [-0.05, 0) is 50.9 Å². The Morgan fingerprint density at radius 1 is 1.36 bits per heavy atom. The molecule has 0 radical (unpaired) electrons. The molecule has 1 aliphatic rings. The molecule has 1 amide bonds. The van der Waals surface area contributed by atoms with E-state index >= 15 is 0 Å². The Hall–Kier alpha value is -1.26. The first kappa shape index (κ1) is 18.8. The number of amides is 1. The van der Waals surface area contributed by atoms with Crippen molar-refractivity contribution in [2.45, 2.75) is 39.3 Å². The molecule has 1 N–H and O–H groups in total. The first-order valence-corrected chi connectivity index (χ1v) is 7.79. The van der Waals surface area contributed by atoms with Crippen LogP contribution in [0.5, 0.6) is 5.75 Å². The van der Waals surface area contributed by atoms with Crippen molar-refractivity contribution < 1.29 is 9.53 Å². The third kappa shape index (κ3) is 4.89. The van der Waals surface area contributed by atoms with Crippen molar-refractivity contribution in [3.8, 4) is 5.75 Å². The number of carbonyl (C=O) groups is 1. The number of hydrogen-bond acceptors (Lipinski definition) is 3. The Morgan fingerprint density at radius 2 is 2.05 bits per heavy atom. The number of benzene rings is 1. The van der Waals surface area contributed by atoms with Gasteiger partial charge in [0.15, 0.2) is 0 Å². The van der Waals surface area contributed by atoms with E-state index in [1.807, 2.05) is 36.1 Å². The lowest BCUT2D eigenvalue weighted by atomic mass is 9.92. The summed E-state index contributed by atoms with van der Waals surface area (Å²) in [7, 11) is 1.66. The fraction of sp³-hybridized carbons (Fsp3) is 0.588. The topological polar surface area (TPSA) is 41.6 Å². The maximum absolute atomic E-state index is 12.7. The third-order valence-corrected chi connectivity index (χ3v) is 4.20. The van der Waals surface area contributed by atoms with Gasteiger partial charge < -0.3 is 15.0 Å². The highest BCUT2D eigenvalue weighted by molar-refractivity contribution is 5.85. The second-order valence-corrected chi connectivity index (χ2v) is 5.78. The predicted octanol–water partition coefficient (Wildman–Crippen LogP) is 2.85. The smallest absolute Gasteiger partial charge is 0.226 e. The molecule has 1 aromatic rings. The number of carbonyl (C=O) groups excluding carboxylic acids is 1. The SMILES string of the molecule is CCN(Cc1ccc(OC)cc1)C(=O)[C@H]1CCN[C@@H](C)C1.Cl. The van der Waals surface area contributed by atoms with Crippen LogP contribution in [-0.4, -0.2) is 37.0 Å². The molecule has 0 unspecified atom stereocenters. The maximum atomic E-state index is 12.7. The summed E-state index contributed by atoms with van der Waals surface area (Å²) in [6.07, 6.45) is 1.89. The number of piperidine rings is 1. The fourth-order valence-electron chi connectivity index (χ4n) is 2.91. The lowest BCUT2D eigenvalue weighted by Crippen LogP contribution is -2.43. The van der Waals surface area contributed by atoms with Crippen LogP contribution in [0.25, 0.3) is 0 Å². The largest absolute Gasteiger partial charge is 0.497 e. The van der Waals surface area contributed by atoms with Gasteiger partial charge in [-0.1, -0.05) is 12.1 Å². The molecule has 0 aliphatic carbocycles. The summed E-state index contributed by atoms with van der Waals surface area (Å²) in [4.78, 5) is 14.6. The maximum Gasteiger partial charge on any atom is 0.226 e. The van der Waals surface area contributed by atoms with Crippen LogP contribution < -0.4 is 10.1 Å². The van der Waals surface area contributed by atoms with Gasteiger partial charge in [-0.25, -0.2) is 0 Å². The van der Waals surface area contributed by atoms with Gasteiger partial charge in [0.25, 0.3) is 0 Å². The lowest BCUT2D eigenvalue weighted by Gasteiger charge is -2.31. The third-order valence-electron chi connectivity index (χ3n) is 4.20. The Balaban J connectivity index is 0.00000242. The predicted molar refractivity (Wildman–Crippen MR) is 91.5 cm³/mol. The molecule has 1 heterocycles. The number of rotatable bonds is 5. The number of nitrogens with one attached hydrogen (secondary N) is 1. The summed E-state index contributed by atoms with van der Waals surface area (Å²) in [6.45, 7) is 6.57. The minimum atomic E-state index is 0. The summed E-state index contributed by atoms with van der Waals surface area (Å²) in [5, 5.41) is 3.40. The quantitative estimate of drug-likeness (QED) is 0.904. The standard InChI is InChI=1S/C17H26N2O2.ClH/c1-4-19(12-14-5-7-16(21-3)8-6-14)17(20)15-9-10-18-13(2)11-15;/h5-8,13,15,18H,4,9-12H2,1-3H3;1H/t13-,15-;/m0./s1. The van der Waals surface area contributed by atoms with E-state index in [2.05, 4.69) is 12.2 Å². The summed E-state index contributed by atoms with van der Waals surface area (Å²) in [6, 6.07) is 8.38. The van der Waals surface area contributed by atoms with E-state index in [4.69, 9.17) is 4.74 Å². The number of nitrogens with zero attached hydrogens (tertiary/aromatic N) is 1. The molecule has 124 valence electrons. The summed E-state index contributed by atoms with van der Waals surface area (Å²) >= 11 is 0. The fourth-order valence-corrected chi connectivity index (χ4v) is 2.91. The highest BCUT2D eigenvalue weighted by Crippen LogP contribution is 2.20. The molecule has 2 atom stereocenters. The molecular weight excluding hydrogens is 300 g/mol. The van der Waals surface area contributed by atoms with E-state index in [9.17, 15) is 4.79 Å². The molecule has 2 rings (SSSR count). The molecule has 0 aromatic heterocycles. The van der Waals surface area contributed by atoms with Crippen LogP contribution in [0.15, 0.2) is 24.3 Å². The molecule has 22 heavy (non-hydrogen) atoms. The molecule has 0 bridgehead atoms. The minimum absolute atomic E-state index is 0. The van der Waals surface area contributed by atoms with E-state index < -0.39 is 0 Å². The van der Waals surface area contributed by atoms with Crippen molar-refractivity contribution in [3.05, 3.63) is 29.8 Å². The Bertz CT molecular complexity index is 464. The van der Waals surface area contributed by atoms with E-state index in [0.29, 0.717) is 18.5 Å². The van der Waals surface area contributed by atoms with Crippen LogP contribution in [0.2, 0.25) is 0 Å². The van der Waals surface area contributed by atoms with Crippen molar-refractivity contribution in [2.24, 2.45) is 5.92 Å². The molecule has 1 aromatic carbocycles. The summed E-state index contributed by atoms with van der Waals surface area (Å²) in [5.41, 5.74) is 1.15. The average molecular weight is 327 g/mol. The average Bonchev–Trinajstić information content (AvgIpc) is 2.52. The Labute approximate surface area is 139 Å². The molecular formula is C17H27ClN2O2. The van der Waals surface area contributed by atoms with E-state index in [1.54, 1.807) is 7.11 Å². The van der Waals surface area contributed by atoms with E-state index in [1.165, 1.54) is 0 Å². The van der Waals surface area contributed by atoms with Crippen LogP contribution in [0.3, 0.4) is 0 Å². The number of methoxy groups -OCH3 is 1. The molecule has 1 aliphatic heterocycles. The zero-order valence-electron chi connectivity index (χ0n) is 13.7. The molecule has 4 nitrogen and oxygen atoms in total. The molecule has 0 saturated carbocycles. The minimum Gasteiger partial charge on any atom is -0.497 e. The van der Waals surface area contributed by atoms with Gasteiger partial charge in [-0.2, -0.15) is 0 Å². The molecule has 0 spiro atoms. The van der Waals surface area contributed by atoms with Crippen LogP contribution in [0.4, 0.5) is 0 Å². The summed E-state index contributed by atoms with van der Waals surface area (Å²) < 4.78 is 5.17. The zero-order chi connectivity index (χ0) is 15.2. The summed E-state index contributed by atoms with van der Waals surface area (Å²) in [5.74, 6) is 1.31. The van der Waals surface area contributed by atoms with Crippen LogP contribution in [0, 0.1) is 5.92 Å². The van der Waals surface area contributed by atoms with Gasteiger partial charge in [0.05, 0.1) is 7.11 Å². The van der Waals surface area contributed by atoms with Crippen molar-refractivity contribution in [1.29, 1.82) is 0 Å². The van der Waals surface area contributed by atoms with Gasteiger partial charge in [-0.15, -0.1) is 12.4 Å². The van der Waals surface area contributed by atoms with Crippen LogP contribution in [0.1, 0.15) is 32.3 Å². The lowest BCUT2D eigenvalue weighted by molar-refractivity contribution is -0.137. The first-order chi connectivity index (χ1) is 10.1. The zero-order valence-corrected chi connectivity index (χ0v) is 14.5. The van der Waals surface area contributed by atoms with Crippen molar-refractivity contribution in [1.82, 2.24) is 10.2 Å². The second-order valence-electron chi connectivity index (χ2n) is 5.78. The van der Waals surface area contributed by atoms with Crippen LogP contribution in [-0.2, 0) is 11.3 Å². The van der Waals surface area contributed by atoms with Gasteiger partial charge in [0, 0.05) is 25.0 Å². The normalized spacial score (nSPS) is 20.9. The highest BCUT2D eigenvalue weighted by Gasteiger charge is 2.27. The first-order valence-electron chi connectivity index (χ1n) is 7.79. The van der Waals surface area contributed by atoms with Crippen molar-refractivity contribution in [2.75, 3.05) is 20.2 Å². The van der Waals surface area contributed by atoms with Gasteiger partial charge in [0.1, 0.15) is 5.75 Å². The highest BCUT2D eigenvalue weighted by atomic mass is 35.5. The van der Waals surface area contributed by atoms with Gasteiger partial charge in [-0.3, -0.25) is 4.79 Å². The molecule has 1 saturated heterocycles. The van der Waals surface area contributed by atoms with E-state index in [-0.39, 0.29) is 18.3 Å². The Morgan fingerprint density at radius 3 is 2.59 bits per heavy atom. The number of hydrogen-bond donors (Lipinski definition) is 1. The monoisotopic (exact) mass is 326 g/mol.